The molecule has 1 aromatic rings. The molecule has 0 aliphatic heterocycles. The maximum atomic E-state index is 12.8. The number of carbonyl (C=O) groups is 3. The fraction of sp³-hybridized carbons (Fsp3) is 0.250. The summed E-state index contributed by atoms with van der Waals surface area (Å²) in [6, 6.07) is 4.83. The van der Waals surface area contributed by atoms with Crippen molar-refractivity contribution in [1.29, 1.82) is 0 Å². The van der Waals surface area contributed by atoms with Crippen molar-refractivity contribution in [3.05, 3.63) is 35.6 Å². The fourth-order valence-electron chi connectivity index (χ4n) is 1.15. The van der Waals surface area contributed by atoms with E-state index in [9.17, 15) is 18.8 Å². The van der Waals surface area contributed by atoms with Gasteiger partial charge in [0.2, 0.25) is 0 Å². The van der Waals surface area contributed by atoms with Crippen LogP contribution in [0, 0.1) is 5.82 Å². The molecule has 0 atom stereocenters. The van der Waals surface area contributed by atoms with Gasteiger partial charge in [0.1, 0.15) is 5.82 Å². The fourth-order valence-corrected chi connectivity index (χ4v) is 1.15. The summed E-state index contributed by atoms with van der Waals surface area (Å²) in [6.45, 7) is 1.03. The standard InChI is InChI=1S/C12H12FNO5/c1-2-18-12(17)14-10(15)7-19-11(16)8-4-3-5-9(13)6-8/h3-6H,2,7H2,1H3,(H,14,15,17). The molecule has 2 amide bonds. The van der Waals surface area contributed by atoms with Crippen LogP contribution in [0.1, 0.15) is 17.3 Å². The summed E-state index contributed by atoms with van der Waals surface area (Å²) in [5.41, 5.74) is -0.0241. The molecule has 1 aromatic carbocycles. The Hall–Kier alpha value is -2.44. The van der Waals surface area contributed by atoms with Gasteiger partial charge < -0.3 is 9.47 Å². The predicted molar refractivity (Wildman–Crippen MR) is 61.8 cm³/mol. The third-order valence-corrected chi connectivity index (χ3v) is 1.91. The van der Waals surface area contributed by atoms with Crippen molar-refractivity contribution in [3.8, 4) is 0 Å². The Morgan fingerprint density at radius 1 is 1.26 bits per heavy atom. The first-order valence-electron chi connectivity index (χ1n) is 5.42. The molecule has 0 aromatic heterocycles. The lowest BCUT2D eigenvalue weighted by atomic mass is 10.2. The van der Waals surface area contributed by atoms with E-state index >= 15 is 0 Å². The molecule has 0 saturated carbocycles. The second kappa shape index (κ2) is 7.10. The Morgan fingerprint density at radius 2 is 2.00 bits per heavy atom. The molecule has 1 N–H and O–H groups in total. The van der Waals surface area contributed by atoms with Crippen molar-refractivity contribution in [2.24, 2.45) is 0 Å². The minimum absolute atomic E-state index is 0.0241. The van der Waals surface area contributed by atoms with Gasteiger partial charge in [0.15, 0.2) is 6.61 Å². The van der Waals surface area contributed by atoms with Crippen molar-refractivity contribution in [3.63, 3.8) is 0 Å². The minimum Gasteiger partial charge on any atom is -0.452 e. The quantitative estimate of drug-likeness (QED) is 0.832. The first-order valence-corrected chi connectivity index (χ1v) is 5.42. The summed E-state index contributed by atoms with van der Waals surface area (Å²) in [5.74, 6) is -2.29. The molecule has 0 aliphatic carbocycles. The first-order chi connectivity index (χ1) is 9.02. The highest BCUT2D eigenvalue weighted by Gasteiger charge is 2.13. The molecule has 0 saturated heterocycles. The van der Waals surface area contributed by atoms with Crippen LogP contribution in [0.3, 0.4) is 0 Å². The lowest BCUT2D eigenvalue weighted by Crippen LogP contribution is -2.34. The largest absolute Gasteiger partial charge is 0.452 e. The average Bonchev–Trinajstić information content (AvgIpc) is 2.36. The number of alkyl carbamates (subject to hydrolysis) is 1. The van der Waals surface area contributed by atoms with E-state index in [0.29, 0.717) is 0 Å². The molecule has 0 aliphatic rings. The van der Waals surface area contributed by atoms with E-state index in [2.05, 4.69) is 9.47 Å². The number of esters is 1. The summed E-state index contributed by atoms with van der Waals surface area (Å²) in [7, 11) is 0. The Bertz CT molecular complexity index is 489. The van der Waals surface area contributed by atoms with Gasteiger partial charge in [-0.25, -0.2) is 14.0 Å². The van der Waals surface area contributed by atoms with E-state index in [1.807, 2.05) is 5.32 Å². The number of hydrogen-bond acceptors (Lipinski definition) is 5. The summed E-state index contributed by atoms with van der Waals surface area (Å²) in [6.07, 6.45) is -0.922. The van der Waals surface area contributed by atoms with E-state index in [0.717, 1.165) is 6.07 Å². The number of hydrogen-bond donors (Lipinski definition) is 1. The molecule has 0 spiro atoms. The number of halogens is 1. The van der Waals surface area contributed by atoms with Gasteiger partial charge in [-0.15, -0.1) is 0 Å². The topological polar surface area (TPSA) is 81.7 Å². The van der Waals surface area contributed by atoms with Gasteiger partial charge in [0.05, 0.1) is 12.2 Å². The van der Waals surface area contributed by atoms with Gasteiger partial charge in [0, 0.05) is 0 Å². The zero-order chi connectivity index (χ0) is 14.3. The second-order valence-electron chi connectivity index (χ2n) is 3.36. The maximum absolute atomic E-state index is 12.8. The minimum atomic E-state index is -0.922. The van der Waals surface area contributed by atoms with E-state index in [4.69, 9.17) is 0 Å². The molecule has 0 bridgehead atoms. The van der Waals surface area contributed by atoms with Crippen LogP contribution in [0.25, 0.3) is 0 Å². The third kappa shape index (κ3) is 5.15. The van der Waals surface area contributed by atoms with Crippen LogP contribution >= 0.6 is 0 Å². The van der Waals surface area contributed by atoms with Gasteiger partial charge in [-0.1, -0.05) is 6.07 Å². The second-order valence-corrected chi connectivity index (χ2v) is 3.36. The van der Waals surface area contributed by atoms with Gasteiger partial charge in [-0.05, 0) is 25.1 Å². The first kappa shape index (κ1) is 14.6. The molecule has 102 valence electrons. The molecule has 7 heteroatoms. The van der Waals surface area contributed by atoms with Crippen LogP contribution in [-0.2, 0) is 14.3 Å². The summed E-state index contributed by atoms with van der Waals surface area (Å²) >= 11 is 0. The monoisotopic (exact) mass is 269 g/mol. The smallest absolute Gasteiger partial charge is 0.413 e. The number of ether oxygens (including phenoxy) is 2. The summed E-state index contributed by atoms with van der Waals surface area (Å²) in [4.78, 5) is 33.5. The Labute approximate surface area is 108 Å². The van der Waals surface area contributed by atoms with Crippen LogP contribution in [0.4, 0.5) is 9.18 Å². The number of carbonyl (C=O) groups excluding carboxylic acids is 3. The molecule has 0 radical (unpaired) electrons. The Balaban J connectivity index is 2.42. The van der Waals surface area contributed by atoms with Gasteiger partial charge in [-0.2, -0.15) is 0 Å². The number of nitrogens with one attached hydrogen (secondary N) is 1. The van der Waals surface area contributed by atoms with Crippen LogP contribution in [0.15, 0.2) is 24.3 Å². The highest BCUT2D eigenvalue weighted by molar-refractivity contribution is 5.95. The number of imide groups is 1. The zero-order valence-electron chi connectivity index (χ0n) is 10.1. The van der Waals surface area contributed by atoms with Crippen LogP contribution in [0.5, 0.6) is 0 Å². The molecular formula is C12H12FNO5. The third-order valence-electron chi connectivity index (χ3n) is 1.91. The van der Waals surface area contributed by atoms with Crippen LogP contribution in [0.2, 0.25) is 0 Å². The van der Waals surface area contributed by atoms with Crippen molar-refractivity contribution < 1.29 is 28.2 Å². The molecule has 1 rings (SSSR count). The Kier molecular flexibility index (Phi) is 5.46. The molecular weight excluding hydrogens is 257 g/mol. The van der Waals surface area contributed by atoms with Crippen molar-refractivity contribution in [2.75, 3.05) is 13.2 Å². The predicted octanol–water partition coefficient (Wildman–Crippen LogP) is 1.26. The number of amides is 2. The van der Waals surface area contributed by atoms with E-state index in [-0.39, 0.29) is 12.2 Å². The molecule has 19 heavy (non-hydrogen) atoms. The normalized spacial score (nSPS) is 9.58. The van der Waals surface area contributed by atoms with Gasteiger partial charge in [-0.3, -0.25) is 10.1 Å². The number of rotatable bonds is 4. The molecule has 0 heterocycles. The lowest BCUT2D eigenvalue weighted by molar-refractivity contribution is -0.123. The van der Waals surface area contributed by atoms with E-state index in [1.54, 1.807) is 6.92 Å². The SMILES string of the molecule is CCOC(=O)NC(=O)COC(=O)c1cccc(F)c1. The maximum Gasteiger partial charge on any atom is 0.413 e. The van der Waals surface area contributed by atoms with E-state index in [1.165, 1.54) is 18.2 Å². The van der Waals surface area contributed by atoms with E-state index < -0.39 is 30.4 Å². The molecule has 0 unspecified atom stereocenters. The molecule has 0 fully saturated rings. The van der Waals surface area contributed by atoms with Crippen molar-refractivity contribution in [1.82, 2.24) is 5.32 Å². The highest BCUT2D eigenvalue weighted by Crippen LogP contribution is 2.04. The zero-order valence-corrected chi connectivity index (χ0v) is 10.1. The van der Waals surface area contributed by atoms with Crippen molar-refractivity contribution >= 4 is 18.0 Å². The number of benzene rings is 1. The van der Waals surface area contributed by atoms with Crippen LogP contribution < -0.4 is 5.32 Å². The van der Waals surface area contributed by atoms with Crippen LogP contribution in [-0.4, -0.2) is 31.2 Å². The van der Waals surface area contributed by atoms with Gasteiger partial charge >= 0.3 is 12.1 Å². The average molecular weight is 269 g/mol. The highest BCUT2D eigenvalue weighted by atomic mass is 19.1. The molecule has 6 nitrogen and oxygen atoms in total. The van der Waals surface area contributed by atoms with Gasteiger partial charge in [0.25, 0.3) is 5.91 Å². The van der Waals surface area contributed by atoms with Crippen molar-refractivity contribution in [2.45, 2.75) is 6.92 Å². The summed E-state index contributed by atoms with van der Waals surface area (Å²) in [5, 5.41) is 1.85. The lowest BCUT2D eigenvalue weighted by Gasteiger charge is -2.05. The Morgan fingerprint density at radius 3 is 2.63 bits per heavy atom. The summed E-state index contributed by atoms with van der Waals surface area (Å²) < 4.78 is 21.9.